The van der Waals surface area contributed by atoms with Crippen molar-refractivity contribution in [2.24, 2.45) is 0 Å². The Morgan fingerprint density at radius 1 is 1.17 bits per heavy atom. The molecule has 0 saturated heterocycles. The predicted octanol–water partition coefficient (Wildman–Crippen LogP) is 3.20. The molecule has 0 radical (unpaired) electrons. The van der Waals surface area contributed by atoms with Gasteiger partial charge in [0.2, 0.25) is 0 Å². The van der Waals surface area contributed by atoms with E-state index in [1.807, 2.05) is 0 Å². The summed E-state index contributed by atoms with van der Waals surface area (Å²) in [4.78, 5) is 29.5. The van der Waals surface area contributed by atoms with Crippen LogP contribution in [0.3, 0.4) is 0 Å². The SMILES string of the molecule is COC(=O)CN(Cc1ccc(Cl)cc1)C(=O)c1cccnc1Cl. The van der Waals surface area contributed by atoms with E-state index in [1.165, 1.54) is 18.2 Å². The van der Waals surface area contributed by atoms with Crippen LogP contribution in [0, 0.1) is 0 Å². The molecule has 0 bridgehead atoms. The Labute approximate surface area is 143 Å². The molecule has 0 saturated carbocycles. The fourth-order valence-electron chi connectivity index (χ4n) is 1.95. The van der Waals surface area contributed by atoms with Gasteiger partial charge in [-0.15, -0.1) is 0 Å². The summed E-state index contributed by atoms with van der Waals surface area (Å²) in [6, 6.07) is 10.2. The molecule has 0 spiro atoms. The fraction of sp³-hybridized carbons (Fsp3) is 0.188. The number of ether oxygens (including phenoxy) is 1. The molecule has 1 heterocycles. The molecule has 120 valence electrons. The van der Waals surface area contributed by atoms with Gasteiger partial charge >= 0.3 is 5.97 Å². The van der Waals surface area contributed by atoms with Crippen molar-refractivity contribution in [3.05, 3.63) is 63.9 Å². The van der Waals surface area contributed by atoms with E-state index < -0.39 is 11.9 Å². The van der Waals surface area contributed by atoms with Crippen LogP contribution >= 0.6 is 23.2 Å². The van der Waals surface area contributed by atoms with Crippen LogP contribution in [0.15, 0.2) is 42.6 Å². The number of nitrogens with zero attached hydrogens (tertiary/aromatic N) is 2. The Morgan fingerprint density at radius 3 is 2.48 bits per heavy atom. The molecule has 0 fully saturated rings. The molecule has 0 aliphatic heterocycles. The molecule has 2 aromatic rings. The third-order valence-corrected chi connectivity index (χ3v) is 3.66. The van der Waals surface area contributed by atoms with Gasteiger partial charge < -0.3 is 9.64 Å². The second kappa shape index (κ2) is 7.94. The summed E-state index contributed by atoms with van der Waals surface area (Å²) in [5, 5.41) is 0.679. The van der Waals surface area contributed by atoms with E-state index in [2.05, 4.69) is 9.72 Å². The van der Waals surface area contributed by atoms with Crippen molar-refractivity contribution in [3.63, 3.8) is 0 Å². The molecule has 0 atom stereocenters. The average molecular weight is 353 g/mol. The molecular weight excluding hydrogens is 339 g/mol. The van der Waals surface area contributed by atoms with E-state index in [0.29, 0.717) is 5.02 Å². The van der Waals surface area contributed by atoms with E-state index in [1.54, 1.807) is 36.4 Å². The number of carbonyl (C=O) groups excluding carboxylic acids is 2. The minimum absolute atomic E-state index is 0.0865. The van der Waals surface area contributed by atoms with Crippen molar-refractivity contribution in [2.75, 3.05) is 13.7 Å². The Kier molecular flexibility index (Phi) is 5.96. The van der Waals surface area contributed by atoms with Crippen molar-refractivity contribution in [2.45, 2.75) is 6.54 Å². The molecule has 0 aliphatic carbocycles. The second-order valence-electron chi connectivity index (χ2n) is 4.71. The lowest BCUT2D eigenvalue weighted by Crippen LogP contribution is -2.36. The van der Waals surface area contributed by atoms with Crippen LogP contribution in [0.5, 0.6) is 0 Å². The summed E-state index contributed by atoms with van der Waals surface area (Å²) >= 11 is 11.8. The van der Waals surface area contributed by atoms with Crippen LogP contribution in [0.1, 0.15) is 15.9 Å². The monoisotopic (exact) mass is 352 g/mol. The molecule has 5 nitrogen and oxygen atoms in total. The van der Waals surface area contributed by atoms with Gasteiger partial charge in [-0.25, -0.2) is 4.98 Å². The molecule has 0 aliphatic rings. The minimum atomic E-state index is -0.521. The van der Waals surface area contributed by atoms with Crippen LogP contribution in [-0.4, -0.2) is 35.4 Å². The van der Waals surface area contributed by atoms with Crippen LogP contribution in [0.2, 0.25) is 10.2 Å². The van der Waals surface area contributed by atoms with Crippen molar-refractivity contribution in [1.29, 1.82) is 0 Å². The van der Waals surface area contributed by atoms with Gasteiger partial charge in [0.05, 0.1) is 12.7 Å². The number of esters is 1. The van der Waals surface area contributed by atoms with E-state index in [0.717, 1.165) is 5.56 Å². The molecule has 1 amide bonds. The lowest BCUT2D eigenvalue weighted by molar-refractivity contribution is -0.141. The Hall–Kier alpha value is -2.11. The highest BCUT2D eigenvalue weighted by atomic mass is 35.5. The lowest BCUT2D eigenvalue weighted by Gasteiger charge is -2.22. The highest BCUT2D eigenvalue weighted by Gasteiger charge is 2.22. The number of methoxy groups -OCH3 is 1. The molecule has 1 aromatic heterocycles. The maximum atomic E-state index is 12.7. The number of hydrogen-bond acceptors (Lipinski definition) is 4. The van der Waals surface area contributed by atoms with Gasteiger partial charge in [0.25, 0.3) is 5.91 Å². The van der Waals surface area contributed by atoms with E-state index in [9.17, 15) is 9.59 Å². The quantitative estimate of drug-likeness (QED) is 0.612. The molecule has 23 heavy (non-hydrogen) atoms. The Morgan fingerprint density at radius 2 is 1.87 bits per heavy atom. The average Bonchev–Trinajstić information content (AvgIpc) is 2.56. The first-order valence-electron chi connectivity index (χ1n) is 6.72. The van der Waals surface area contributed by atoms with Gasteiger partial charge in [0, 0.05) is 17.8 Å². The zero-order chi connectivity index (χ0) is 16.8. The van der Waals surface area contributed by atoms with Crippen molar-refractivity contribution < 1.29 is 14.3 Å². The van der Waals surface area contributed by atoms with Crippen LogP contribution in [0.25, 0.3) is 0 Å². The Balaban J connectivity index is 2.26. The number of halogens is 2. The minimum Gasteiger partial charge on any atom is -0.468 e. The summed E-state index contributed by atoms with van der Waals surface area (Å²) in [5.41, 5.74) is 1.05. The van der Waals surface area contributed by atoms with Crippen molar-refractivity contribution in [1.82, 2.24) is 9.88 Å². The number of aromatic nitrogens is 1. The van der Waals surface area contributed by atoms with Gasteiger partial charge in [-0.2, -0.15) is 0 Å². The number of carbonyl (C=O) groups is 2. The second-order valence-corrected chi connectivity index (χ2v) is 5.50. The van der Waals surface area contributed by atoms with Gasteiger partial charge in [-0.1, -0.05) is 35.3 Å². The fourth-order valence-corrected chi connectivity index (χ4v) is 2.27. The summed E-state index contributed by atoms with van der Waals surface area (Å²) in [6.07, 6.45) is 1.49. The highest BCUT2D eigenvalue weighted by molar-refractivity contribution is 6.32. The summed E-state index contributed by atoms with van der Waals surface area (Å²) in [7, 11) is 1.27. The van der Waals surface area contributed by atoms with E-state index in [-0.39, 0.29) is 23.8 Å². The summed E-state index contributed by atoms with van der Waals surface area (Å²) in [5.74, 6) is -0.921. The molecule has 1 aromatic carbocycles. The molecular formula is C16H14Cl2N2O3. The standard InChI is InChI=1S/C16H14Cl2N2O3/c1-23-14(21)10-20(9-11-4-6-12(17)7-5-11)16(22)13-3-2-8-19-15(13)18/h2-8H,9-10H2,1H3. The third-order valence-electron chi connectivity index (χ3n) is 3.11. The van der Waals surface area contributed by atoms with E-state index >= 15 is 0 Å². The first kappa shape index (κ1) is 17.2. The Bertz CT molecular complexity index is 705. The molecule has 0 N–H and O–H groups in total. The lowest BCUT2D eigenvalue weighted by atomic mass is 10.2. The van der Waals surface area contributed by atoms with Gasteiger partial charge in [0.15, 0.2) is 0 Å². The number of pyridine rings is 1. The normalized spacial score (nSPS) is 10.2. The number of benzene rings is 1. The van der Waals surface area contributed by atoms with Crippen LogP contribution in [-0.2, 0) is 16.1 Å². The van der Waals surface area contributed by atoms with Crippen LogP contribution < -0.4 is 0 Å². The first-order chi connectivity index (χ1) is 11.0. The molecule has 0 unspecified atom stereocenters. The van der Waals surface area contributed by atoms with E-state index in [4.69, 9.17) is 23.2 Å². The maximum absolute atomic E-state index is 12.7. The van der Waals surface area contributed by atoms with Crippen LogP contribution in [0.4, 0.5) is 0 Å². The van der Waals surface area contributed by atoms with Gasteiger partial charge in [0.1, 0.15) is 11.7 Å². The van der Waals surface area contributed by atoms with Gasteiger partial charge in [-0.05, 0) is 29.8 Å². The smallest absolute Gasteiger partial charge is 0.325 e. The molecule has 7 heteroatoms. The third kappa shape index (κ3) is 4.68. The summed E-state index contributed by atoms with van der Waals surface area (Å²) < 4.78 is 4.65. The largest absolute Gasteiger partial charge is 0.468 e. The topological polar surface area (TPSA) is 59.5 Å². The predicted molar refractivity (Wildman–Crippen MR) is 87.5 cm³/mol. The van der Waals surface area contributed by atoms with Gasteiger partial charge in [-0.3, -0.25) is 9.59 Å². The maximum Gasteiger partial charge on any atom is 0.325 e. The first-order valence-corrected chi connectivity index (χ1v) is 7.48. The van der Waals surface area contributed by atoms with Crippen molar-refractivity contribution in [3.8, 4) is 0 Å². The summed E-state index contributed by atoms with van der Waals surface area (Å²) in [6.45, 7) is 0.0273. The zero-order valence-electron chi connectivity index (χ0n) is 12.3. The number of hydrogen-bond donors (Lipinski definition) is 0. The van der Waals surface area contributed by atoms with Crippen molar-refractivity contribution >= 4 is 35.1 Å². The number of rotatable bonds is 5. The zero-order valence-corrected chi connectivity index (χ0v) is 13.8. The number of amides is 1. The highest BCUT2D eigenvalue weighted by Crippen LogP contribution is 2.17. The molecule has 2 rings (SSSR count).